The summed E-state index contributed by atoms with van der Waals surface area (Å²) in [5, 5.41) is 39.0. The van der Waals surface area contributed by atoms with Gasteiger partial charge in [-0.3, -0.25) is 0 Å². The average Bonchev–Trinajstić information content (AvgIpc) is 2.61. The van der Waals surface area contributed by atoms with Crippen LogP contribution >= 0.6 is 0 Å². The van der Waals surface area contributed by atoms with E-state index in [1.165, 1.54) is 31.2 Å². The minimum Gasteiger partial charge on any atom is -0.196 e. The third kappa shape index (κ3) is 0.907. The summed E-state index contributed by atoms with van der Waals surface area (Å²) in [6.07, 6.45) is 1.11. The zero-order valence-electron chi connectivity index (χ0n) is 15.9. The molecule has 19 heavy (non-hydrogen) atoms. The Bertz CT molecular complexity index is 946. The van der Waals surface area contributed by atoms with Crippen molar-refractivity contribution in [3.8, 4) is 24.3 Å². The quantitative estimate of drug-likeness (QED) is 0.616. The Kier molecular flexibility index (Phi) is 1.12. The minimum absolute atomic E-state index is 0.0886. The third-order valence-corrected chi connectivity index (χ3v) is 3.84. The highest BCUT2D eigenvalue weighted by Crippen LogP contribution is 2.67. The molecule has 0 amide bonds. The van der Waals surface area contributed by atoms with Gasteiger partial charge in [0, 0.05) is 17.3 Å². The number of nitriles is 4. The molecule has 4 heteroatoms. The van der Waals surface area contributed by atoms with Gasteiger partial charge in [-0.15, -0.1) is 0 Å². The Morgan fingerprint density at radius 1 is 1.05 bits per heavy atom. The van der Waals surface area contributed by atoms with Gasteiger partial charge in [0.1, 0.15) is 0 Å². The van der Waals surface area contributed by atoms with Crippen molar-refractivity contribution >= 4 is 0 Å². The van der Waals surface area contributed by atoms with Gasteiger partial charge in [-0.05, 0) is 18.7 Å². The molecule has 4 rings (SSSR count). The number of fused-ring (bicyclic) bond motifs is 1. The molecule has 4 atom stereocenters. The molecular formula is C15H10N4. The summed E-state index contributed by atoms with van der Waals surface area (Å²) >= 11 is 0. The number of rotatable bonds is 0. The van der Waals surface area contributed by atoms with Gasteiger partial charge in [0.15, 0.2) is 10.8 Å². The van der Waals surface area contributed by atoms with Gasteiger partial charge in [-0.1, -0.05) is 23.8 Å². The van der Waals surface area contributed by atoms with Crippen molar-refractivity contribution in [1.29, 1.82) is 21.0 Å². The molecule has 1 saturated carbocycles. The van der Waals surface area contributed by atoms with Gasteiger partial charge < -0.3 is 0 Å². The van der Waals surface area contributed by atoms with Crippen LogP contribution in [-0.2, 0) is 0 Å². The predicted octanol–water partition coefficient (Wildman–Crippen LogP) is 2.06. The maximum Gasteiger partial charge on any atom is 0.182 e. The van der Waals surface area contributed by atoms with Crippen molar-refractivity contribution in [2.24, 2.45) is 34.4 Å². The Hall–Kier alpha value is -2.56. The lowest BCUT2D eigenvalue weighted by molar-refractivity contribution is 0.00180. The van der Waals surface area contributed by atoms with Crippen LogP contribution in [0.3, 0.4) is 0 Å². The van der Waals surface area contributed by atoms with E-state index in [4.69, 9.17) is 8.22 Å². The van der Waals surface area contributed by atoms with Crippen LogP contribution in [0, 0.1) is 79.7 Å². The fraction of sp³-hybridized carbons (Fsp3) is 0.467. The van der Waals surface area contributed by atoms with Crippen LogP contribution in [0.1, 0.15) is 15.1 Å². The molecule has 0 aromatic heterocycles. The molecule has 2 bridgehead atoms. The Balaban J connectivity index is 2.73. The molecule has 0 aromatic carbocycles. The summed E-state index contributed by atoms with van der Waals surface area (Å²) in [6, 6.07) is 3.98. The number of hydrogen-bond acceptors (Lipinski definition) is 4. The summed E-state index contributed by atoms with van der Waals surface area (Å²) in [7, 11) is 0. The van der Waals surface area contributed by atoms with E-state index in [9.17, 15) is 21.0 Å². The monoisotopic (exact) mass is 252 g/mol. The summed E-state index contributed by atoms with van der Waals surface area (Å²) in [4.78, 5) is 0. The first-order valence-electron chi connectivity index (χ1n) is 8.47. The molecule has 0 saturated heterocycles. The van der Waals surface area contributed by atoms with E-state index >= 15 is 0 Å². The highest BCUT2D eigenvalue weighted by atomic mass is 14.7. The summed E-state index contributed by atoms with van der Waals surface area (Å²) in [5.74, 6) is -10.5. The molecule has 4 aliphatic carbocycles. The van der Waals surface area contributed by atoms with Gasteiger partial charge in [-0.2, -0.15) is 21.0 Å². The Morgan fingerprint density at radius 3 is 2.00 bits per heavy atom. The van der Waals surface area contributed by atoms with Crippen molar-refractivity contribution in [2.75, 3.05) is 0 Å². The SMILES string of the molecule is [2H]C1=C([2H])C2([2H])C(C#N)(C#N)C(C#N)(C#N)C1([2H])C1([2H])C=C(C)C12[2H]. The van der Waals surface area contributed by atoms with E-state index < -0.39 is 46.5 Å². The van der Waals surface area contributed by atoms with Crippen LogP contribution in [0.4, 0.5) is 0 Å². The van der Waals surface area contributed by atoms with E-state index in [0.717, 1.165) is 6.08 Å². The van der Waals surface area contributed by atoms with E-state index in [0.29, 0.717) is 0 Å². The van der Waals surface area contributed by atoms with Crippen LogP contribution in [0.15, 0.2) is 23.8 Å². The normalized spacial score (nSPS) is 59.5. The molecule has 90 valence electrons. The van der Waals surface area contributed by atoms with Crippen molar-refractivity contribution < 1.29 is 8.22 Å². The fourth-order valence-corrected chi connectivity index (χ4v) is 2.84. The lowest BCUT2D eigenvalue weighted by Gasteiger charge is -2.59. The van der Waals surface area contributed by atoms with Crippen molar-refractivity contribution in [2.45, 2.75) is 6.92 Å². The summed E-state index contributed by atoms with van der Waals surface area (Å²) in [5.41, 5.74) is -5.67. The molecule has 4 nitrogen and oxygen atoms in total. The maximum absolute atomic E-state index is 9.75. The van der Waals surface area contributed by atoms with Gasteiger partial charge in [0.2, 0.25) is 0 Å². The van der Waals surface area contributed by atoms with Crippen LogP contribution in [0.25, 0.3) is 0 Å². The first-order chi connectivity index (χ1) is 11.4. The number of hydrogen-bond donors (Lipinski definition) is 0. The molecule has 0 heterocycles. The van der Waals surface area contributed by atoms with Gasteiger partial charge in [0.25, 0.3) is 0 Å². The minimum atomic E-state index is -2.88. The first-order valence-corrected chi connectivity index (χ1v) is 5.47. The second-order valence-corrected chi connectivity index (χ2v) is 4.56. The Morgan fingerprint density at radius 2 is 1.53 bits per heavy atom. The molecule has 0 N–H and O–H groups in total. The van der Waals surface area contributed by atoms with Crippen LogP contribution < -0.4 is 0 Å². The van der Waals surface area contributed by atoms with E-state index in [2.05, 4.69) is 0 Å². The zero-order chi connectivity index (χ0) is 19.3. The maximum atomic E-state index is 9.75. The van der Waals surface area contributed by atoms with E-state index in [1.807, 2.05) is 0 Å². The summed E-state index contributed by atoms with van der Waals surface area (Å²) in [6.45, 7) is 1.37. The highest BCUT2D eigenvalue weighted by molar-refractivity contribution is 5.50. The molecule has 4 aliphatic rings. The van der Waals surface area contributed by atoms with Crippen LogP contribution in [0.2, 0.25) is 0 Å². The third-order valence-electron chi connectivity index (χ3n) is 3.84. The van der Waals surface area contributed by atoms with Crippen molar-refractivity contribution in [3.63, 3.8) is 0 Å². The molecule has 0 spiro atoms. The van der Waals surface area contributed by atoms with E-state index in [1.54, 1.807) is 0 Å². The smallest absolute Gasteiger partial charge is 0.182 e. The molecule has 4 unspecified atom stereocenters. The van der Waals surface area contributed by atoms with E-state index in [-0.39, 0.29) is 5.57 Å². The van der Waals surface area contributed by atoms with Gasteiger partial charge in [-0.25, -0.2) is 0 Å². The Labute approximate surface area is 119 Å². The molecule has 0 aliphatic heterocycles. The largest absolute Gasteiger partial charge is 0.196 e. The predicted molar refractivity (Wildman–Crippen MR) is 64.2 cm³/mol. The van der Waals surface area contributed by atoms with Crippen molar-refractivity contribution in [3.05, 3.63) is 23.8 Å². The van der Waals surface area contributed by atoms with Crippen molar-refractivity contribution in [1.82, 2.24) is 0 Å². The molecule has 1 fully saturated rings. The fourth-order valence-electron chi connectivity index (χ4n) is 2.84. The zero-order valence-corrected chi connectivity index (χ0v) is 9.87. The highest BCUT2D eigenvalue weighted by Gasteiger charge is 2.72. The molecule has 0 radical (unpaired) electrons. The second-order valence-electron chi connectivity index (χ2n) is 4.56. The lowest BCUT2D eigenvalue weighted by Crippen LogP contribution is -2.62. The van der Waals surface area contributed by atoms with Gasteiger partial charge >= 0.3 is 0 Å². The topological polar surface area (TPSA) is 95.2 Å². The number of nitrogens with zero attached hydrogens (tertiary/aromatic N) is 4. The lowest BCUT2D eigenvalue weighted by atomic mass is 9.38. The second kappa shape index (κ2) is 3.26. The number of allylic oxidation sites excluding steroid dienone is 4. The summed E-state index contributed by atoms with van der Waals surface area (Å²) < 4.78 is 51.2. The molecule has 0 aromatic rings. The van der Waals surface area contributed by atoms with Gasteiger partial charge in [0.05, 0.1) is 27.0 Å². The van der Waals surface area contributed by atoms with Crippen LogP contribution in [-0.4, -0.2) is 0 Å². The molecular weight excluding hydrogens is 236 g/mol. The average molecular weight is 252 g/mol. The standard InChI is InChI=1S/C15H10N4/c1-9-4-10-11-2-3-12(13(9)10)15(7-18,8-19)14(11,5-16)6-17/h2-4,10-13H,1H3/i2D,3D,10D,11D,12D,13D. The van der Waals surface area contributed by atoms with Crippen LogP contribution in [0.5, 0.6) is 0 Å². The first kappa shape index (κ1) is 6.56.